The Morgan fingerprint density at radius 1 is 0.792 bits per heavy atom. The second-order valence-corrected chi connectivity index (χ2v) is 13.7. The van der Waals surface area contributed by atoms with Crippen LogP contribution in [0.4, 0.5) is 0 Å². The topological polar surface area (TPSA) is 176 Å². The van der Waals surface area contributed by atoms with Gasteiger partial charge in [0.2, 0.25) is 0 Å². The zero-order chi connectivity index (χ0) is 38.4. The maximum atomic E-state index is 13.7. The van der Waals surface area contributed by atoms with Crippen molar-refractivity contribution in [1.29, 1.82) is 0 Å². The number of aromatic amines is 3. The molecular formula is C41H44N4O8. The Balaban J connectivity index is 1.72. The number of methoxy groups -OCH3 is 3. The summed E-state index contributed by atoms with van der Waals surface area (Å²) in [6.07, 6.45) is 13.8. The lowest BCUT2D eigenvalue weighted by molar-refractivity contribution is -0.150. The number of nitrogens with one attached hydrogen (secondary N) is 4. The maximum Gasteiger partial charge on any atom is 0.334 e. The minimum Gasteiger partial charge on any atom is -0.481 e. The molecule has 12 heteroatoms. The molecule has 1 unspecified atom stereocenters. The van der Waals surface area contributed by atoms with E-state index in [1.54, 1.807) is 12.2 Å². The molecule has 0 amide bonds. The van der Waals surface area contributed by atoms with Crippen molar-refractivity contribution in [1.82, 2.24) is 20.3 Å². The van der Waals surface area contributed by atoms with Gasteiger partial charge in [0.15, 0.2) is 0 Å². The second kappa shape index (κ2) is 14.2. The first-order chi connectivity index (χ1) is 25.3. The lowest BCUT2D eigenvalue weighted by Gasteiger charge is -2.36. The summed E-state index contributed by atoms with van der Waals surface area (Å²) in [6, 6.07) is 0. The van der Waals surface area contributed by atoms with E-state index in [4.69, 9.17) is 14.2 Å². The number of carbonyl (C=O) groups is 4. The summed E-state index contributed by atoms with van der Waals surface area (Å²) in [6.45, 7) is 11.9. The van der Waals surface area contributed by atoms with E-state index < -0.39 is 29.2 Å². The van der Waals surface area contributed by atoms with Crippen LogP contribution >= 0.6 is 0 Å². The highest BCUT2D eigenvalue weighted by Gasteiger charge is 2.55. The number of carboxylic acid groups (broad SMARTS) is 1. The van der Waals surface area contributed by atoms with Gasteiger partial charge in [-0.1, -0.05) is 24.8 Å². The molecule has 6 rings (SSSR count). The normalized spacial score (nSPS) is 18.5. The van der Waals surface area contributed by atoms with Crippen molar-refractivity contribution in [2.24, 2.45) is 11.3 Å². The highest BCUT2D eigenvalue weighted by molar-refractivity contribution is 5.98. The molecular weight excluding hydrogens is 676 g/mol. The highest BCUT2D eigenvalue weighted by Crippen LogP contribution is 2.55. The smallest absolute Gasteiger partial charge is 0.334 e. The fourth-order valence-corrected chi connectivity index (χ4v) is 7.86. The van der Waals surface area contributed by atoms with Crippen LogP contribution in [0.25, 0.3) is 30.4 Å². The Kier molecular flexibility index (Phi) is 9.83. The minimum atomic E-state index is -1.11. The van der Waals surface area contributed by atoms with E-state index >= 15 is 0 Å². The molecule has 0 radical (unpaired) electrons. The van der Waals surface area contributed by atoms with Crippen LogP contribution in [-0.2, 0) is 46.2 Å². The molecule has 1 aliphatic carbocycles. The Bertz CT molecular complexity index is 2340. The summed E-state index contributed by atoms with van der Waals surface area (Å²) in [7, 11) is 3.92. The molecule has 2 atom stereocenters. The predicted octanol–water partition coefficient (Wildman–Crippen LogP) is 4.15. The summed E-state index contributed by atoms with van der Waals surface area (Å²) in [5.74, 6) is -3.55. The van der Waals surface area contributed by atoms with Gasteiger partial charge >= 0.3 is 23.9 Å². The fourth-order valence-electron chi connectivity index (χ4n) is 7.86. The van der Waals surface area contributed by atoms with Gasteiger partial charge in [0, 0.05) is 63.3 Å². The molecule has 5 heterocycles. The number of carbonyl (C=O) groups excluding carboxylic acids is 3. The molecule has 0 saturated carbocycles. The molecule has 1 saturated heterocycles. The van der Waals surface area contributed by atoms with Gasteiger partial charge in [-0.3, -0.25) is 14.4 Å². The van der Waals surface area contributed by atoms with Crippen molar-refractivity contribution in [2.45, 2.75) is 53.4 Å². The molecule has 3 aromatic rings. The predicted molar refractivity (Wildman–Crippen MR) is 200 cm³/mol. The molecule has 3 aromatic heterocycles. The maximum absolute atomic E-state index is 13.7. The van der Waals surface area contributed by atoms with Gasteiger partial charge in [-0.15, -0.1) is 0 Å². The molecule has 0 spiro atoms. The van der Waals surface area contributed by atoms with E-state index in [0.717, 1.165) is 66.7 Å². The number of carboxylic acids is 1. The summed E-state index contributed by atoms with van der Waals surface area (Å²) >= 11 is 0. The van der Waals surface area contributed by atoms with Crippen molar-refractivity contribution in [3.63, 3.8) is 0 Å². The van der Waals surface area contributed by atoms with Gasteiger partial charge in [-0.05, 0) is 98.2 Å². The first-order valence-corrected chi connectivity index (χ1v) is 17.3. The summed E-state index contributed by atoms with van der Waals surface area (Å²) in [5.41, 5.74) is 9.51. The summed E-state index contributed by atoms with van der Waals surface area (Å²) < 4.78 is 15.4. The standard InChI is InChI=1S/C41H44N4O8/c1-9-23-20(2)29-17-34-27-13-10-26(39(49)52-7)38(40(50)53-8)41(27,5)35(45-34)19-30-22(4)25(12-15-37(48)51-6)33(44-30)18-32-24(11-14-36(46)47)21(3)28(43-32)16-31(23)42-29/h9-10,13,16-19,38,42-45H,1,11-12,14-15H2,2-8H3,(H,46,47)/t38?,41-/m1/s1. The third kappa shape index (κ3) is 6.28. The zero-order valence-electron chi connectivity index (χ0n) is 31.0. The van der Waals surface area contributed by atoms with Gasteiger partial charge in [0.05, 0.1) is 32.3 Å². The number of aromatic nitrogens is 3. The van der Waals surface area contributed by atoms with Crippen LogP contribution in [0.5, 0.6) is 0 Å². The third-order valence-electron chi connectivity index (χ3n) is 10.9. The van der Waals surface area contributed by atoms with Gasteiger partial charge in [-0.25, -0.2) is 4.79 Å². The van der Waals surface area contributed by atoms with Crippen molar-refractivity contribution in [3.8, 4) is 0 Å². The quantitative estimate of drug-likeness (QED) is 0.161. The number of esters is 3. The monoisotopic (exact) mass is 720 g/mol. The van der Waals surface area contributed by atoms with Gasteiger partial charge < -0.3 is 39.6 Å². The summed E-state index contributed by atoms with van der Waals surface area (Å²) in [4.78, 5) is 61.6. The van der Waals surface area contributed by atoms with E-state index in [9.17, 15) is 24.3 Å². The van der Waals surface area contributed by atoms with Gasteiger partial charge in [-0.2, -0.15) is 0 Å². The lowest BCUT2D eigenvalue weighted by Crippen LogP contribution is -2.40. The third-order valence-corrected chi connectivity index (χ3v) is 10.9. The number of rotatable bonds is 9. The largest absolute Gasteiger partial charge is 0.481 e. The van der Waals surface area contributed by atoms with Crippen LogP contribution in [-0.4, -0.2) is 65.3 Å². The average molecular weight is 721 g/mol. The molecule has 5 N–H and O–H groups in total. The molecule has 12 nitrogen and oxygen atoms in total. The number of hydrogen-bond donors (Lipinski definition) is 5. The number of allylic oxidation sites excluding steroid dienone is 4. The number of H-pyrrole nitrogens is 3. The number of fused-ring (bicyclic) bond motifs is 11. The van der Waals surface area contributed by atoms with Crippen LogP contribution in [0, 0.1) is 32.1 Å². The zero-order valence-corrected chi connectivity index (χ0v) is 31.0. The SMILES string of the molecule is C=Cc1c2[nH]c(c1C)C=C1NC(=Cc3[nH]c(c(CCC(=O)OC)c3C)C=c3[nH]c(c(C)c3CCC(=O)O)=C2)[C@@]2(C)C1=CC=C(C(=O)OC)C2C(=O)OC. The van der Waals surface area contributed by atoms with E-state index in [0.29, 0.717) is 29.9 Å². The van der Waals surface area contributed by atoms with Crippen molar-refractivity contribution in [2.75, 3.05) is 21.3 Å². The van der Waals surface area contributed by atoms with Crippen LogP contribution in [0.1, 0.15) is 75.9 Å². The average Bonchev–Trinajstić information content (AvgIpc) is 3.79. The van der Waals surface area contributed by atoms with E-state index in [2.05, 4.69) is 26.8 Å². The Morgan fingerprint density at radius 3 is 2.13 bits per heavy atom. The molecule has 1 fully saturated rings. The van der Waals surface area contributed by atoms with Crippen LogP contribution < -0.4 is 16.0 Å². The van der Waals surface area contributed by atoms with Crippen LogP contribution in [0.2, 0.25) is 0 Å². The highest BCUT2D eigenvalue weighted by atomic mass is 16.5. The Hall–Kier alpha value is -6.04. The summed E-state index contributed by atoms with van der Waals surface area (Å²) in [5, 5.41) is 14.8. The second-order valence-electron chi connectivity index (χ2n) is 13.7. The number of ether oxygens (including phenoxy) is 3. The number of aliphatic carboxylic acids is 1. The van der Waals surface area contributed by atoms with E-state index in [1.807, 2.05) is 58.1 Å². The minimum absolute atomic E-state index is 0.0595. The van der Waals surface area contributed by atoms with Gasteiger partial charge in [0.25, 0.3) is 0 Å². The molecule has 276 valence electrons. The molecule has 53 heavy (non-hydrogen) atoms. The fraction of sp³-hybridized carbons (Fsp3) is 0.317. The molecule has 0 aromatic carbocycles. The number of hydrogen-bond acceptors (Lipinski definition) is 8. The Morgan fingerprint density at radius 2 is 1.47 bits per heavy atom. The first-order valence-electron chi connectivity index (χ1n) is 17.3. The molecule has 3 aliphatic rings. The van der Waals surface area contributed by atoms with Crippen molar-refractivity contribution >= 4 is 54.3 Å². The van der Waals surface area contributed by atoms with E-state index in [-0.39, 0.29) is 24.4 Å². The Labute approximate surface area is 306 Å². The molecule has 2 aliphatic heterocycles. The van der Waals surface area contributed by atoms with E-state index in [1.165, 1.54) is 21.3 Å². The van der Waals surface area contributed by atoms with Crippen LogP contribution in [0.15, 0.2) is 41.3 Å². The van der Waals surface area contributed by atoms with Crippen molar-refractivity contribution < 1.29 is 38.5 Å². The molecule has 8 bridgehead atoms. The lowest BCUT2D eigenvalue weighted by atomic mass is 9.64. The van der Waals surface area contributed by atoms with Crippen molar-refractivity contribution in [3.05, 3.63) is 108 Å². The van der Waals surface area contributed by atoms with Crippen LogP contribution in [0.3, 0.4) is 0 Å². The van der Waals surface area contributed by atoms with Gasteiger partial charge in [0.1, 0.15) is 5.92 Å². The first kappa shape index (κ1) is 36.7.